The van der Waals surface area contributed by atoms with Gasteiger partial charge < -0.3 is 14.7 Å². The molecule has 0 amide bonds. The predicted molar refractivity (Wildman–Crippen MR) is 88.3 cm³/mol. The first-order chi connectivity index (χ1) is 10.8. The first kappa shape index (κ1) is 12.7. The third-order valence-corrected chi connectivity index (χ3v) is 3.57. The maximum absolute atomic E-state index is 5.79. The van der Waals surface area contributed by atoms with E-state index in [2.05, 4.69) is 40.4 Å². The van der Waals surface area contributed by atoms with Crippen LogP contribution >= 0.6 is 0 Å². The summed E-state index contributed by atoms with van der Waals surface area (Å²) in [7, 11) is 0. The molecule has 2 N–H and O–H groups in total. The molecule has 4 nitrogen and oxygen atoms in total. The van der Waals surface area contributed by atoms with Crippen LogP contribution in [0.5, 0.6) is 0 Å². The van der Waals surface area contributed by atoms with Gasteiger partial charge in [-0.1, -0.05) is 30.3 Å². The predicted octanol–water partition coefficient (Wildman–Crippen LogP) is 4.87. The Hall–Kier alpha value is -3.01. The molecule has 0 fully saturated rings. The Morgan fingerprint density at radius 2 is 1.95 bits per heavy atom. The maximum atomic E-state index is 5.79. The average molecular weight is 289 g/mol. The number of H-pyrrole nitrogens is 1. The van der Waals surface area contributed by atoms with Crippen LogP contribution < -0.4 is 5.32 Å². The lowest BCUT2D eigenvalue weighted by molar-refractivity contribution is 0.590. The number of nitrogens with one attached hydrogen (secondary N) is 2. The van der Waals surface area contributed by atoms with Crippen LogP contribution in [0.2, 0.25) is 0 Å². The second-order valence-electron chi connectivity index (χ2n) is 5.29. The summed E-state index contributed by atoms with van der Waals surface area (Å²) in [6.07, 6.45) is 1.73. The summed E-state index contributed by atoms with van der Waals surface area (Å²) < 4.78 is 5.79. The molecule has 0 radical (unpaired) electrons. The molecule has 4 heteroatoms. The lowest BCUT2D eigenvalue weighted by Crippen LogP contribution is -1.89. The van der Waals surface area contributed by atoms with Crippen molar-refractivity contribution in [2.45, 2.75) is 6.92 Å². The molecule has 0 unspecified atom stereocenters. The van der Waals surface area contributed by atoms with Crippen LogP contribution in [0.15, 0.2) is 65.2 Å². The van der Waals surface area contributed by atoms with Crippen LogP contribution in [0.4, 0.5) is 11.7 Å². The molecule has 0 aliphatic carbocycles. The van der Waals surface area contributed by atoms with Gasteiger partial charge in [0.2, 0.25) is 0 Å². The zero-order valence-corrected chi connectivity index (χ0v) is 12.1. The monoisotopic (exact) mass is 289 g/mol. The van der Waals surface area contributed by atoms with E-state index in [9.17, 15) is 0 Å². The number of hydrogen-bond donors (Lipinski definition) is 2. The Balaban J connectivity index is 1.63. The van der Waals surface area contributed by atoms with E-state index >= 15 is 0 Å². The number of aromatic nitrogens is 2. The van der Waals surface area contributed by atoms with Crippen LogP contribution in [0.1, 0.15) is 5.56 Å². The highest BCUT2D eigenvalue weighted by Crippen LogP contribution is 2.27. The molecule has 0 aliphatic rings. The number of benzene rings is 2. The van der Waals surface area contributed by atoms with Crippen molar-refractivity contribution in [3.8, 4) is 11.5 Å². The summed E-state index contributed by atoms with van der Waals surface area (Å²) >= 11 is 0. The first-order valence-electron chi connectivity index (χ1n) is 7.15. The zero-order valence-electron chi connectivity index (χ0n) is 12.1. The quantitative estimate of drug-likeness (QED) is 0.565. The van der Waals surface area contributed by atoms with Gasteiger partial charge in [-0.2, -0.15) is 0 Å². The minimum Gasteiger partial charge on any atom is -0.422 e. The third-order valence-electron chi connectivity index (χ3n) is 3.57. The van der Waals surface area contributed by atoms with Crippen molar-refractivity contribution in [2.24, 2.45) is 0 Å². The molecule has 0 saturated heterocycles. The number of rotatable bonds is 3. The van der Waals surface area contributed by atoms with Crippen LogP contribution in [-0.2, 0) is 0 Å². The molecule has 0 aliphatic heterocycles. The molecule has 2 aromatic heterocycles. The van der Waals surface area contributed by atoms with E-state index in [1.54, 1.807) is 6.20 Å². The minimum atomic E-state index is 0.485. The summed E-state index contributed by atoms with van der Waals surface area (Å²) in [5, 5.41) is 4.33. The van der Waals surface area contributed by atoms with Gasteiger partial charge in [0, 0.05) is 16.6 Å². The van der Waals surface area contributed by atoms with E-state index in [0.717, 1.165) is 22.3 Å². The fourth-order valence-electron chi connectivity index (χ4n) is 2.51. The standard InChI is InChI=1S/C18H15N3O/c1-12-5-4-7-14(9-12)20-18-19-11-17(22-18)16-10-13-6-2-3-8-15(13)21-16/h2-11,21H,1H3,(H,19,20). The molecule has 22 heavy (non-hydrogen) atoms. The SMILES string of the molecule is Cc1cccc(Nc2ncc(-c3cc4ccccc4[nH]3)o2)c1. The molecular formula is C18H15N3O. The number of aromatic amines is 1. The lowest BCUT2D eigenvalue weighted by atomic mass is 10.2. The fourth-order valence-corrected chi connectivity index (χ4v) is 2.51. The smallest absolute Gasteiger partial charge is 0.299 e. The highest BCUT2D eigenvalue weighted by molar-refractivity contribution is 5.84. The Morgan fingerprint density at radius 1 is 1.05 bits per heavy atom. The summed E-state index contributed by atoms with van der Waals surface area (Å²) in [6, 6.07) is 18.8. The van der Waals surface area contributed by atoms with Gasteiger partial charge in [0.25, 0.3) is 6.01 Å². The Morgan fingerprint density at radius 3 is 2.82 bits per heavy atom. The first-order valence-corrected chi connectivity index (χ1v) is 7.15. The summed E-state index contributed by atoms with van der Waals surface area (Å²) in [4.78, 5) is 7.63. The van der Waals surface area contributed by atoms with Gasteiger partial charge in [-0.3, -0.25) is 0 Å². The van der Waals surface area contributed by atoms with Crippen molar-refractivity contribution < 1.29 is 4.42 Å². The Kier molecular flexibility index (Phi) is 2.93. The van der Waals surface area contributed by atoms with E-state index in [4.69, 9.17) is 4.42 Å². The Bertz CT molecular complexity index is 903. The van der Waals surface area contributed by atoms with Crippen LogP contribution in [-0.4, -0.2) is 9.97 Å². The van der Waals surface area contributed by atoms with E-state index in [-0.39, 0.29) is 0 Å². The van der Waals surface area contributed by atoms with Gasteiger partial charge in [0.1, 0.15) is 0 Å². The van der Waals surface area contributed by atoms with Gasteiger partial charge in [0.05, 0.1) is 11.9 Å². The number of fused-ring (bicyclic) bond motifs is 1. The van der Waals surface area contributed by atoms with E-state index in [1.165, 1.54) is 5.56 Å². The van der Waals surface area contributed by atoms with E-state index in [1.807, 2.05) is 36.4 Å². The average Bonchev–Trinajstić information content (AvgIpc) is 3.13. The second kappa shape index (κ2) is 5.07. The zero-order chi connectivity index (χ0) is 14.9. The van der Waals surface area contributed by atoms with Crippen LogP contribution in [0, 0.1) is 6.92 Å². The van der Waals surface area contributed by atoms with Gasteiger partial charge in [-0.15, -0.1) is 0 Å². The highest BCUT2D eigenvalue weighted by atomic mass is 16.4. The summed E-state index contributed by atoms with van der Waals surface area (Å²) in [5.41, 5.74) is 4.16. The van der Waals surface area contributed by atoms with Crippen molar-refractivity contribution in [1.82, 2.24) is 9.97 Å². The third kappa shape index (κ3) is 2.35. The molecule has 2 heterocycles. The second-order valence-corrected chi connectivity index (χ2v) is 5.29. The summed E-state index contributed by atoms with van der Waals surface area (Å²) in [6.45, 7) is 2.05. The molecule has 0 atom stereocenters. The lowest BCUT2D eigenvalue weighted by Gasteiger charge is -2.02. The van der Waals surface area contributed by atoms with Gasteiger partial charge in [0.15, 0.2) is 5.76 Å². The molecule has 0 saturated carbocycles. The number of nitrogens with zero attached hydrogens (tertiary/aromatic N) is 1. The minimum absolute atomic E-state index is 0.485. The van der Waals surface area contributed by atoms with Crippen LogP contribution in [0.3, 0.4) is 0 Å². The molecule has 4 aromatic rings. The molecule has 0 bridgehead atoms. The number of para-hydroxylation sites is 1. The van der Waals surface area contributed by atoms with Gasteiger partial charge in [-0.05, 0) is 36.8 Å². The molecule has 108 valence electrons. The van der Waals surface area contributed by atoms with Crippen molar-refractivity contribution in [3.63, 3.8) is 0 Å². The van der Waals surface area contributed by atoms with Gasteiger partial charge in [-0.25, -0.2) is 4.98 Å². The maximum Gasteiger partial charge on any atom is 0.299 e. The molecular weight excluding hydrogens is 274 g/mol. The largest absolute Gasteiger partial charge is 0.422 e. The van der Waals surface area contributed by atoms with Crippen LogP contribution in [0.25, 0.3) is 22.4 Å². The van der Waals surface area contributed by atoms with E-state index in [0.29, 0.717) is 11.8 Å². The van der Waals surface area contributed by atoms with E-state index < -0.39 is 0 Å². The molecule has 2 aromatic carbocycles. The normalized spacial score (nSPS) is 11.0. The number of aryl methyl sites for hydroxylation is 1. The number of anilines is 2. The van der Waals surface area contributed by atoms with Crippen molar-refractivity contribution in [1.29, 1.82) is 0 Å². The van der Waals surface area contributed by atoms with Crippen molar-refractivity contribution in [3.05, 3.63) is 66.4 Å². The highest BCUT2D eigenvalue weighted by Gasteiger charge is 2.09. The molecule has 0 spiro atoms. The topological polar surface area (TPSA) is 53.9 Å². The fraction of sp³-hybridized carbons (Fsp3) is 0.0556. The number of oxazole rings is 1. The Labute approximate surface area is 127 Å². The van der Waals surface area contributed by atoms with Crippen molar-refractivity contribution >= 4 is 22.6 Å². The number of hydrogen-bond acceptors (Lipinski definition) is 3. The van der Waals surface area contributed by atoms with Gasteiger partial charge >= 0.3 is 0 Å². The molecule has 4 rings (SSSR count). The summed E-state index contributed by atoms with van der Waals surface area (Å²) in [5.74, 6) is 0.714. The van der Waals surface area contributed by atoms with Crippen molar-refractivity contribution in [2.75, 3.05) is 5.32 Å².